The Morgan fingerprint density at radius 2 is 2.00 bits per heavy atom. The molecular weight excluding hydrogens is 386 g/mol. The third kappa shape index (κ3) is 3.62. The number of methoxy groups -OCH3 is 1. The Bertz CT molecular complexity index is 987. The van der Waals surface area contributed by atoms with Crippen molar-refractivity contribution in [3.05, 3.63) is 41.7 Å². The standard InChI is InChI=1S/C17H21N5O5S/c1-17(2)11-21(15(23)14-10-18-20-19-14)7-8-22(17)28(25,26)13-6-4-5-12(9-13)16(24)27-3/h4-6,9-10H,7-8,11H2,1-3H3,(H,18,19,20). The summed E-state index contributed by atoms with van der Waals surface area (Å²) in [6.45, 7) is 4.03. The van der Waals surface area contributed by atoms with Gasteiger partial charge in [-0.1, -0.05) is 11.3 Å². The van der Waals surface area contributed by atoms with Gasteiger partial charge in [0.15, 0.2) is 0 Å². The molecule has 0 atom stereocenters. The maximum absolute atomic E-state index is 13.2. The number of aromatic amines is 1. The minimum absolute atomic E-state index is 0.000944. The van der Waals surface area contributed by atoms with E-state index in [-0.39, 0.29) is 41.7 Å². The van der Waals surface area contributed by atoms with Crippen LogP contribution in [0, 0.1) is 0 Å². The van der Waals surface area contributed by atoms with E-state index < -0.39 is 21.5 Å². The van der Waals surface area contributed by atoms with Crippen molar-refractivity contribution in [3.8, 4) is 0 Å². The summed E-state index contributed by atoms with van der Waals surface area (Å²) in [5.74, 6) is -0.900. The molecule has 1 N–H and O–H groups in total. The van der Waals surface area contributed by atoms with E-state index in [9.17, 15) is 18.0 Å². The molecule has 2 heterocycles. The SMILES string of the molecule is COC(=O)c1cccc(S(=O)(=O)N2CCN(C(=O)c3cnn[nH]3)CC2(C)C)c1. The van der Waals surface area contributed by atoms with Crippen molar-refractivity contribution in [2.75, 3.05) is 26.7 Å². The summed E-state index contributed by atoms with van der Waals surface area (Å²) < 4.78 is 32.4. The molecule has 1 amide bonds. The number of rotatable bonds is 4. The molecule has 150 valence electrons. The number of aromatic nitrogens is 3. The molecule has 0 saturated carbocycles. The molecule has 1 aromatic heterocycles. The lowest BCUT2D eigenvalue weighted by atomic mass is 10.0. The van der Waals surface area contributed by atoms with Crippen LogP contribution in [0.2, 0.25) is 0 Å². The van der Waals surface area contributed by atoms with E-state index >= 15 is 0 Å². The number of nitrogens with zero attached hydrogens (tertiary/aromatic N) is 4. The van der Waals surface area contributed by atoms with Gasteiger partial charge in [0.1, 0.15) is 5.69 Å². The molecule has 2 aromatic rings. The van der Waals surface area contributed by atoms with Crippen LogP contribution in [0.4, 0.5) is 0 Å². The largest absolute Gasteiger partial charge is 0.465 e. The summed E-state index contributed by atoms with van der Waals surface area (Å²) in [6.07, 6.45) is 1.33. The summed E-state index contributed by atoms with van der Waals surface area (Å²) in [7, 11) is -2.65. The number of sulfonamides is 1. The number of H-pyrrole nitrogens is 1. The summed E-state index contributed by atoms with van der Waals surface area (Å²) in [5, 5.41) is 9.66. The summed E-state index contributed by atoms with van der Waals surface area (Å²) >= 11 is 0. The zero-order valence-electron chi connectivity index (χ0n) is 15.7. The van der Waals surface area contributed by atoms with Crippen LogP contribution < -0.4 is 0 Å². The number of ether oxygens (including phenoxy) is 1. The fourth-order valence-electron chi connectivity index (χ4n) is 3.26. The molecular formula is C17H21N5O5S. The quantitative estimate of drug-likeness (QED) is 0.732. The van der Waals surface area contributed by atoms with Crippen molar-refractivity contribution in [1.29, 1.82) is 0 Å². The van der Waals surface area contributed by atoms with E-state index in [1.165, 1.54) is 41.9 Å². The fraction of sp³-hybridized carbons (Fsp3) is 0.412. The second-order valence-corrected chi connectivity index (χ2v) is 8.87. The second kappa shape index (κ2) is 7.32. The van der Waals surface area contributed by atoms with Crippen LogP contribution in [0.1, 0.15) is 34.7 Å². The predicted molar refractivity (Wildman–Crippen MR) is 98.0 cm³/mol. The number of benzene rings is 1. The number of piperazine rings is 1. The molecule has 3 rings (SSSR count). The smallest absolute Gasteiger partial charge is 0.337 e. The first kappa shape index (κ1) is 20.0. The van der Waals surface area contributed by atoms with Crippen molar-refractivity contribution in [2.24, 2.45) is 0 Å². The van der Waals surface area contributed by atoms with Gasteiger partial charge in [0.25, 0.3) is 5.91 Å². The van der Waals surface area contributed by atoms with Gasteiger partial charge in [0, 0.05) is 25.2 Å². The lowest BCUT2D eigenvalue weighted by Crippen LogP contribution is -2.61. The predicted octanol–water partition coefficient (Wildman–Crippen LogP) is 0.517. The maximum atomic E-state index is 13.2. The average Bonchev–Trinajstić information content (AvgIpc) is 3.20. The average molecular weight is 407 g/mol. The van der Waals surface area contributed by atoms with Crippen LogP contribution >= 0.6 is 0 Å². The van der Waals surface area contributed by atoms with Gasteiger partial charge in [-0.2, -0.15) is 4.31 Å². The highest BCUT2D eigenvalue weighted by molar-refractivity contribution is 7.89. The van der Waals surface area contributed by atoms with Crippen LogP contribution in [-0.4, -0.2) is 77.2 Å². The van der Waals surface area contributed by atoms with E-state index in [4.69, 9.17) is 0 Å². The molecule has 0 radical (unpaired) electrons. The van der Waals surface area contributed by atoms with Crippen molar-refractivity contribution in [3.63, 3.8) is 0 Å². The molecule has 10 nitrogen and oxygen atoms in total. The Balaban J connectivity index is 1.86. The van der Waals surface area contributed by atoms with Crippen LogP contribution in [0.25, 0.3) is 0 Å². The van der Waals surface area contributed by atoms with Gasteiger partial charge in [-0.05, 0) is 32.0 Å². The van der Waals surface area contributed by atoms with Gasteiger partial charge in [-0.3, -0.25) is 9.89 Å². The molecule has 0 spiro atoms. The first-order valence-electron chi connectivity index (χ1n) is 8.53. The van der Waals surface area contributed by atoms with Gasteiger partial charge in [-0.15, -0.1) is 5.10 Å². The van der Waals surface area contributed by atoms with E-state index in [0.717, 1.165) is 0 Å². The maximum Gasteiger partial charge on any atom is 0.337 e. The van der Waals surface area contributed by atoms with Gasteiger partial charge < -0.3 is 9.64 Å². The molecule has 1 fully saturated rings. The number of carbonyl (C=O) groups is 2. The number of hydrogen-bond acceptors (Lipinski definition) is 7. The van der Waals surface area contributed by atoms with Crippen LogP contribution in [0.5, 0.6) is 0 Å². The summed E-state index contributed by atoms with van der Waals surface area (Å²) in [5.41, 5.74) is -0.457. The lowest BCUT2D eigenvalue weighted by molar-refractivity contribution is 0.0489. The van der Waals surface area contributed by atoms with Crippen LogP contribution in [0.3, 0.4) is 0 Å². The number of esters is 1. The normalized spacial score (nSPS) is 17.3. The number of nitrogens with one attached hydrogen (secondary N) is 1. The van der Waals surface area contributed by atoms with Crippen molar-refractivity contribution in [1.82, 2.24) is 24.6 Å². The molecule has 28 heavy (non-hydrogen) atoms. The highest BCUT2D eigenvalue weighted by atomic mass is 32.2. The fourth-order valence-corrected chi connectivity index (χ4v) is 5.07. The highest BCUT2D eigenvalue weighted by Crippen LogP contribution is 2.29. The Kier molecular flexibility index (Phi) is 5.22. The number of carbonyl (C=O) groups excluding carboxylic acids is 2. The van der Waals surface area contributed by atoms with Gasteiger partial charge in [0.2, 0.25) is 10.0 Å². The monoisotopic (exact) mass is 407 g/mol. The second-order valence-electron chi connectivity index (χ2n) is 7.01. The van der Waals surface area contributed by atoms with Gasteiger partial charge in [-0.25, -0.2) is 13.2 Å². The molecule has 1 aliphatic heterocycles. The Labute approximate surface area is 162 Å². The third-order valence-electron chi connectivity index (χ3n) is 4.60. The Hall–Kier alpha value is -2.79. The number of amides is 1. The lowest BCUT2D eigenvalue weighted by Gasteiger charge is -2.45. The van der Waals surface area contributed by atoms with Crippen molar-refractivity contribution < 1.29 is 22.7 Å². The van der Waals surface area contributed by atoms with Gasteiger partial charge >= 0.3 is 5.97 Å². The first-order chi connectivity index (χ1) is 13.2. The zero-order valence-corrected chi connectivity index (χ0v) is 16.6. The highest BCUT2D eigenvalue weighted by Gasteiger charge is 2.43. The molecule has 11 heteroatoms. The number of hydrogen-bond donors (Lipinski definition) is 1. The van der Waals surface area contributed by atoms with Crippen molar-refractivity contribution >= 4 is 21.9 Å². The molecule has 0 bridgehead atoms. The Morgan fingerprint density at radius 3 is 2.61 bits per heavy atom. The molecule has 0 unspecified atom stereocenters. The van der Waals surface area contributed by atoms with E-state index in [1.54, 1.807) is 18.7 Å². The minimum Gasteiger partial charge on any atom is -0.465 e. The molecule has 1 aromatic carbocycles. The van der Waals surface area contributed by atoms with E-state index in [1.807, 2.05) is 0 Å². The first-order valence-corrected chi connectivity index (χ1v) is 9.97. The third-order valence-corrected chi connectivity index (χ3v) is 6.71. The van der Waals surface area contributed by atoms with Crippen molar-refractivity contribution in [2.45, 2.75) is 24.3 Å². The zero-order chi connectivity index (χ0) is 20.5. The van der Waals surface area contributed by atoms with Crippen LogP contribution in [0.15, 0.2) is 35.4 Å². The summed E-state index contributed by atoms with van der Waals surface area (Å²) in [6, 6.07) is 5.72. The van der Waals surface area contributed by atoms with E-state index in [0.29, 0.717) is 0 Å². The minimum atomic E-state index is -3.88. The summed E-state index contributed by atoms with van der Waals surface area (Å²) in [4.78, 5) is 25.8. The van der Waals surface area contributed by atoms with Crippen LogP contribution in [-0.2, 0) is 14.8 Å². The molecule has 1 saturated heterocycles. The molecule has 0 aliphatic carbocycles. The van der Waals surface area contributed by atoms with Gasteiger partial charge in [0.05, 0.1) is 23.8 Å². The topological polar surface area (TPSA) is 126 Å². The Morgan fingerprint density at radius 1 is 1.25 bits per heavy atom. The molecule has 1 aliphatic rings. The van der Waals surface area contributed by atoms with E-state index in [2.05, 4.69) is 20.1 Å².